The molecule has 2 aromatic rings. The fourth-order valence-electron chi connectivity index (χ4n) is 1.81. The highest BCUT2D eigenvalue weighted by atomic mass is 16.5. The Hall–Kier alpha value is -1.97. The highest BCUT2D eigenvalue weighted by Gasteiger charge is 2.12. The van der Waals surface area contributed by atoms with Crippen LogP contribution in [0.1, 0.15) is 36.7 Å². The average Bonchev–Trinajstić information content (AvgIpc) is 2.34. The fraction of sp³-hybridized carbons (Fsp3) is 0.357. The molecule has 0 aliphatic carbocycles. The van der Waals surface area contributed by atoms with Gasteiger partial charge in [0.2, 0.25) is 5.88 Å². The zero-order valence-corrected chi connectivity index (χ0v) is 11.1. The Labute approximate surface area is 107 Å². The Bertz CT molecular complexity index is 552. The third kappa shape index (κ3) is 2.47. The summed E-state index contributed by atoms with van der Waals surface area (Å²) in [7, 11) is 0. The molecule has 4 heteroatoms. The number of hydrogen-bond acceptors (Lipinski definition) is 4. The topological polar surface area (TPSA) is 47.9 Å². The molecule has 2 aromatic heterocycles. The van der Waals surface area contributed by atoms with Crippen molar-refractivity contribution in [2.75, 3.05) is 0 Å². The van der Waals surface area contributed by atoms with Crippen molar-refractivity contribution in [2.24, 2.45) is 0 Å². The van der Waals surface area contributed by atoms with Gasteiger partial charge in [-0.2, -0.15) is 0 Å². The molecule has 0 radical (unpaired) electrons. The molecular formula is C14H17N3O. The van der Waals surface area contributed by atoms with Crippen molar-refractivity contribution in [2.45, 2.75) is 33.6 Å². The lowest BCUT2D eigenvalue weighted by atomic mass is 10.1. The van der Waals surface area contributed by atoms with Gasteiger partial charge in [0.05, 0.1) is 11.4 Å². The van der Waals surface area contributed by atoms with E-state index in [1.807, 2.05) is 26.0 Å². The van der Waals surface area contributed by atoms with Gasteiger partial charge in [0.1, 0.15) is 6.33 Å². The van der Waals surface area contributed by atoms with Crippen molar-refractivity contribution in [3.05, 3.63) is 41.6 Å². The van der Waals surface area contributed by atoms with E-state index in [1.54, 1.807) is 12.5 Å². The second-order valence-electron chi connectivity index (χ2n) is 4.53. The lowest BCUT2D eigenvalue weighted by Gasteiger charge is -2.13. The number of nitrogens with zero attached hydrogens (tertiary/aromatic N) is 3. The zero-order chi connectivity index (χ0) is 13.1. The number of aryl methyl sites for hydroxylation is 1. The van der Waals surface area contributed by atoms with Gasteiger partial charge in [0, 0.05) is 11.8 Å². The van der Waals surface area contributed by atoms with Crippen LogP contribution in [0.25, 0.3) is 0 Å². The molecule has 0 saturated heterocycles. The van der Waals surface area contributed by atoms with Crippen LogP contribution < -0.4 is 4.74 Å². The van der Waals surface area contributed by atoms with Gasteiger partial charge >= 0.3 is 0 Å². The summed E-state index contributed by atoms with van der Waals surface area (Å²) in [5, 5.41) is 0. The SMILES string of the molecule is Cc1ncccc1Oc1ncnc(C(C)C)c1C. The van der Waals surface area contributed by atoms with E-state index in [1.165, 1.54) is 0 Å². The van der Waals surface area contributed by atoms with Gasteiger partial charge in [0.25, 0.3) is 0 Å². The van der Waals surface area contributed by atoms with Crippen LogP contribution in [0.3, 0.4) is 0 Å². The molecule has 0 atom stereocenters. The van der Waals surface area contributed by atoms with E-state index in [-0.39, 0.29) is 0 Å². The van der Waals surface area contributed by atoms with Crippen LogP contribution in [0.2, 0.25) is 0 Å². The molecule has 0 amide bonds. The predicted molar refractivity (Wildman–Crippen MR) is 69.9 cm³/mol. The molecule has 0 aromatic carbocycles. The Morgan fingerprint density at radius 2 is 1.89 bits per heavy atom. The van der Waals surface area contributed by atoms with Crippen LogP contribution in [-0.2, 0) is 0 Å². The van der Waals surface area contributed by atoms with Gasteiger partial charge in [-0.25, -0.2) is 9.97 Å². The standard InChI is InChI=1S/C14H17N3O/c1-9(2)13-10(3)14(17-8-16-13)18-12-6-5-7-15-11(12)4/h5-9H,1-4H3. The number of aromatic nitrogens is 3. The van der Waals surface area contributed by atoms with E-state index >= 15 is 0 Å². The summed E-state index contributed by atoms with van der Waals surface area (Å²) in [6.45, 7) is 8.11. The third-order valence-electron chi connectivity index (χ3n) is 2.79. The quantitative estimate of drug-likeness (QED) is 0.828. The van der Waals surface area contributed by atoms with Gasteiger partial charge in [0.15, 0.2) is 5.75 Å². The molecule has 2 rings (SSSR count). The molecule has 2 heterocycles. The molecule has 0 bridgehead atoms. The number of rotatable bonds is 3. The van der Waals surface area contributed by atoms with Crippen molar-refractivity contribution >= 4 is 0 Å². The lowest BCUT2D eigenvalue weighted by Crippen LogP contribution is -2.02. The summed E-state index contributed by atoms with van der Waals surface area (Å²) < 4.78 is 5.82. The van der Waals surface area contributed by atoms with Gasteiger partial charge < -0.3 is 4.74 Å². The van der Waals surface area contributed by atoms with Gasteiger partial charge in [-0.05, 0) is 31.9 Å². The largest absolute Gasteiger partial charge is 0.437 e. The van der Waals surface area contributed by atoms with Crippen LogP contribution in [0.15, 0.2) is 24.7 Å². The summed E-state index contributed by atoms with van der Waals surface area (Å²) in [6, 6.07) is 3.74. The second kappa shape index (κ2) is 5.12. The maximum absolute atomic E-state index is 5.82. The molecule has 4 nitrogen and oxygen atoms in total. The Kier molecular flexibility index (Phi) is 3.55. The van der Waals surface area contributed by atoms with Crippen LogP contribution in [0.5, 0.6) is 11.6 Å². The molecule has 0 N–H and O–H groups in total. The Balaban J connectivity index is 2.36. The minimum Gasteiger partial charge on any atom is -0.437 e. The Morgan fingerprint density at radius 3 is 2.56 bits per heavy atom. The second-order valence-corrected chi connectivity index (χ2v) is 4.53. The van der Waals surface area contributed by atoms with E-state index in [0.29, 0.717) is 11.8 Å². The first-order valence-electron chi connectivity index (χ1n) is 6.00. The first-order valence-corrected chi connectivity index (χ1v) is 6.00. The molecular weight excluding hydrogens is 226 g/mol. The van der Waals surface area contributed by atoms with Gasteiger partial charge in [-0.1, -0.05) is 13.8 Å². The van der Waals surface area contributed by atoms with E-state index in [9.17, 15) is 0 Å². The van der Waals surface area contributed by atoms with E-state index < -0.39 is 0 Å². The highest BCUT2D eigenvalue weighted by molar-refractivity contribution is 5.35. The summed E-state index contributed by atoms with van der Waals surface area (Å²) in [6.07, 6.45) is 3.29. The maximum atomic E-state index is 5.82. The third-order valence-corrected chi connectivity index (χ3v) is 2.79. The zero-order valence-electron chi connectivity index (χ0n) is 11.1. The van der Waals surface area contributed by atoms with Crippen molar-refractivity contribution in [3.63, 3.8) is 0 Å². The van der Waals surface area contributed by atoms with Crippen LogP contribution in [-0.4, -0.2) is 15.0 Å². The van der Waals surface area contributed by atoms with E-state index in [2.05, 4.69) is 28.8 Å². The minimum absolute atomic E-state index is 0.352. The van der Waals surface area contributed by atoms with Crippen molar-refractivity contribution < 1.29 is 4.74 Å². The summed E-state index contributed by atoms with van der Waals surface area (Å²) in [5.41, 5.74) is 2.85. The molecule has 94 valence electrons. The first-order chi connectivity index (χ1) is 8.59. The molecule has 0 spiro atoms. The minimum atomic E-state index is 0.352. The monoisotopic (exact) mass is 243 g/mol. The molecule has 0 fully saturated rings. The maximum Gasteiger partial charge on any atom is 0.225 e. The van der Waals surface area contributed by atoms with Gasteiger partial charge in [-0.15, -0.1) is 0 Å². The average molecular weight is 243 g/mol. The number of pyridine rings is 1. The smallest absolute Gasteiger partial charge is 0.225 e. The number of hydrogen-bond donors (Lipinski definition) is 0. The predicted octanol–water partition coefficient (Wildman–Crippen LogP) is 3.40. The lowest BCUT2D eigenvalue weighted by molar-refractivity contribution is 0.449. The van der Waals surface area contributed by atoms with Crippen molar-refractivity contribution in [1.29, 1.82) is 0 Å². The van der Waals surface area contributed by atoms with Crippen LogP contribution in [0.4, 0.5) is 0 Å². The Morgan fingerprint density at radius 1 is 1.11 bits per heavy atom. The van der Waals surface area contributed by atoms with E-state index in [4.69, 9.17) is 4.74 Å². The first kappa shape index (κ1) is 12.5. The highest BCUT2D eigenvalue weighted by Crippen LogP contribution is 2.27. The van der Waals surface area contributed by atoms with Gasteiger partial charge in [-0.3, -0.25) is 4.98 Å². The molecule has 18 heavy (non-hydrogen) atoms. The molecule has 0 unspecified atom stereocenters. The molecule has 0 saturated carbocycles. The summed E-state index contributed by atoms with van der Waals surface area (Å²) in [5.74, 6) is 1.68. The summed E-state index contributed by atoms with van der Waals surface area (Å²) >= 11 is 0. The van der Waals surface area contributed by atoms with Crippen LogP contribution >= 0.6 is 0 Å². The van der Waals surface area contributed by atoms with Crippen molar-refractivity contribution in [1.82, 2.24) is 15.0 Å². The van der Waals surface area contributed by atoms with E-state index in [0.717, 1.165) is 22.7 Å². The fourth-order valence-corrected chi connectivity index (χ4v) is 1.81. The molecule has 0 aliphatic heterocycles. The number of ether oxygens (including phenoxy) is 1. The van der Waals surface area contributed by atoms with Crippen molar-refractivity contribution in [3.8, 4) is 11.6 Å². The summed E-state index contributed by atoms with van der Waals surface area (Å²) in [4.78, 5) is 12.7. The molecule has 0 aliphatic rings. The van der Waals surface area contributed by atoms with Crippen LogP contribution in [0, 0.1) is 13.8 Å². The normalized spacial score (nSPS) is 10.7.